The van der Waals surface area contributed by atoms with Gasteiger partial charge >= 0.3 is 14.2 Å². The van der Waals surface area contributed by atoms with Gasteiger partial charge in [0, 0.05) is 11.8 Å². The average molecular weight is 443 g/mol. The number of hydrogen-bond donors (Lipinski definition) is 3. The number of rotatable bonds is 9. The summed E-state index contributed by atoms with van der Waals surface area (Å²) in [5.74, 6) is -1.79. The highest BCUT2D eigenvalue weighted by Crippen LogP contribution is 2.43. The van der Waals surface area contributed by atoms with E-state index in [1.807, 2.05) is 6.07 Å². The lowest BCUT2D eigenvalue weighted by Gasteiger charge is -2.26. The highest BCUT2D eigenvalue weighted by atomic mass is 31.2. The maximum absolute atomic E-state index is 13.4. The Morgan fingerprint density at radius 1 is 1.20 bits per heavy atom. The van der Waals surface area contributed by atoms with E-state index < -0.39 is 39.0 Å². The van der Waals surface area contributed by atoms with Gasteiger partial charge < -0.3 is 15.1 Å². The summed E-state index contributed by atoms with van der Waals surface area (Å²) >= 11 is 0. The zero-order valence-corrected chi connectivity index (χ0v) is 16.2. The first-order chi connectivity index (χ1) is 14.1. The molecule has 2 rings (SSSR count). The predicted molar refractivity (Wildman–Crippen MR) is 98.8 cm³/mol. The van der Waals surface area contributed by atoms with Crippen LogP contribution in [0.2, 0.25) is 0 Å². The summed E-state index contributed by atoms with van der Waals surface area (Å²) in [6.45, 7) is -1.41. The van der Waals surface area contributed by atoms with E-state index in [-0.39, 0.29) is 12.0 Å². The molecule has 0 saturated heterocycles. The number of aromatic nitrogens is 1. The Morgan fingerprint density at radius 2 is 1.83 bits per heavy atom. The van der Waals surface area contributed by atoms with Crippen LogP contribution < -0.4 is 5.32 Å². The summed E-state index contributed by atoms with van der Waals surface area (Å²) in [7, 11) is -5.15. The van der Waals surface area contributed by atoms with Crippen molar-refractivity contribution in [3.63, 3.8) is 0 Å². The van der Waals surface area contributed by atoms with Gasteiger partial charge in [0.05, 0.1) is 24.2 Å². The van der Waals surface area contributed by atoms with Crippen LogP contribution in [0.3, 0.4) is 0 Å². The second-order valence-electron chi connectivity index (χ2n) is 6.08. The largest absolute Gasteiger partial charge is 0.470 e. The van der Waals surface area contributed by atoms with Gasteiger partial charge in [0.1, 0.15) is 12.8 Å². The quantitative estimate of drug-likeness (QED) is 0.508. The molecule has 1 heterocycles. The second kappa shape index (κ2) is 10.3. The summed E-state index contributed by atoms with van der Waals surface area (Å²) in [5, 5.41) is 10.4. The molecular weight excluding hydrogens is 426 g/mol. The first kappa shape index (κ1) is 23.5. The Hall–Kier alpha value is -2.77. The van der Waals surface area contributed by atoms with Crippen LogP contribution in [0.5, 0.6) is 0 Å². The van der Waals surface area contributed by atoms with Crippen LogP contribution in [0.25, 0.3) is 11.1 Å². The Labute approximate surface area is 169 Å². The third-order valence-electron chi connectivity index (χ3n) is 3.97. The van der Waals surface area contributed by atoms with Crippen molar-refractivity contribution in [2.24, 2.45) is 0 Å². The molecule has 1 aromatic carbocycles. The Bertz CT molecular complexity index is 945. The lowest BCUT2D eigenvalue weighted by molar-refractivity contribution is -0.133. The van der Waals surface area contributed by atoms with Crippen LogP contribution in [0.1, 0.15) is 17.4 Å². The molecule has 0 spiro atoms. The summed E-state index contributed by atoms with van der Waals surface area (Å²) in [6.07, 6.45) is -3.48. The maximum Gasteiger partial charge on any atom is 0.470 e. The number of carbonyl (C=O) groups excluding carboxylic acids is 1. The average Bonchev–Trinajstić information content (AvgIpc) is 2.70. The normalized spacial score (nSPS) is 13.5. The molecule has 0 aliphatic carbocycles. The molecule has 0 aliphatic heterocycles. The number of hydrogen-bond acceptors (Lipinski definition) is 5. The van der Waals surface area contributed by atoms with Gasteiger partial charge in [0.2, 0.25) is 0 Å². The van der Waals surface area contributed by atoms with Crippen molar-refractivity contribution in [2.75, 3.05) is 6.67 Å². The number of benzene rings is 1. The molecule has 0 unspecified atom stereocenters. The standard InChI is InChI=1S/C18H17F3N3O5P/c19-9-15(24-18(25)17(20)21)16(29-30(26,27)28)12-3-1-11(2-4-12)13-5-6-14(7-8-22)23-10-13/h1-6,10,15-17H,7,9H2,(H,24,25)(H2,26,27,28)/t15-,16-/m1/s1. The van der Waals surface area contributed by atoms with Gasteiger partial charge in [-0.3, -0.25) is 14.3 Å². The van der Waals surface area contributed by atoms with Gasteiger partial charge in [-0.15, -0.1) is 0 Å². The van der Waals surface area contributed by atoms with Crippen LogP contribution >= 0.6 is 7.82 Å². The van der Waals surface area contributed by atoms with Gasteiger partial charge in [-0.2, -0.15) is 14.0 Å². The van der Waals surface area contributed by atoms with Gasteiger partial charge in [-0.25, -0.2) is 8.96 Å². The van der Waals surface area contributed by atoms with Gasteiger partial charge in [-0.05, 0) is 17.2 Å². The second-order valence-corrected chi connectivity index (χ2v) is 7.27. The zero-order chi connectivity index (χ0) is 22.3. The number of nitriles is 1. The Morgan fingerprint density at radius 3 is 2.30 bits per heavy atom. The smallest absolute Gasteiger partial charge is 0.343 e. The lowest BCUT2D eigenvalue weighted by Crippen LogP contribution is -2.44. The fourth-order valence-corrected chi connectivity index (χ4v) is 3.17. The highest BCUT2D eigenvalue weighted by molar-refractivity contribution is 7.46. The molecular formula is C18H17F3N3O5P. The minimum absolute atomic E-state index is 0.0494. The minimum atomic E-state index is -5.15. The zero-order valence-electron chi connectivity index (χ0n) is 15.3. The van der Waals surface area contributed by atoms with Crippen molar-refractivity contribution < 1.29 is 36.8 Å². The minimum Gasteiger partial charge on any atom is -0.343 e. The number of phosphoric ester groups is 1. The van der Waals surface area contributed by atoms with E-state index in [0.717, 1.165) is 0 Å². The monoisotopic (exact) mass is 443 g/mol. The fraction of sp³-hybridized carbons (Fsp3) is 0.278. The van der Waals surface area contributed by atoms with E-state index in [1.165, 1.54) is 30.5 Å². The van der Waals surface area contributed by atoms with Crippen molar-refractivity contribution in [3.05, 3.63) is 53.9 Å². The van der Waals surface area contributed by atoms with Crippen LogP contribution in [-0.4, -0.2) is 39.8 Å². The molecule has 160 valence electrons. The molecule has 30 heavy (non-hydrogen) atoms. The number of nitrogens with one attached hydrogen (secondary N) is 1. The van der Waals surface area contributed by atoms with Crippen LogP contribution in [0, 0.1) is 11.3 Å². The molecule has 8 nitrogen and oxygen atoms in total. The summed E-state index contributed by atoms with van der Waals surface area (Å²) < 4.78 is 54.3. The van der Waals surface area contributed by atoms with Crippen molar-refractivity contribution in [2.45, 2.75) is 25.0 Å². The van der Waals surface area contributed by atoms with Crippen LogP contribution in [0.15, 0.2) is 42.6 Å². The van der Waals surface area contributed by atoms with Gasteiger partial charge in [0.25, 0.3) is 5.91 Å². The predicted octanol–water partition coefficient (Wildman–Crippen LogP) is 2.68. The molecule has 1 amide bonds. The molecule has 1 aromatic heterocycles. The molecule has 0 fully saturated rings. The summed E-state index contributed by atoms with van der Waals surface area (Å²) in [4.78, 5) is 33.6. The third-order valence-corrected chi connectivity index (χ3v) is 4.47. The van der Waals surface area contributed by atoms with Crippen molar-refractivity contribution >= 4 is 13.7 Å². The summed E-state index contributed by atoms with van der Waals surface area (Å²) in [6, 6.07) is 9.35. The summed E-state index contributed by atoms with van der Waals surface area (Å²) in [5.41, 5.74) is 1.93. The van der Waals surface area contributed by atoms with E-state index in [0.29, 0.717) is 16.8 Å². The SMILES string of the molecule is N#CCc1ccc(-c2ccc([C@@H](OP(=O)(O)O)[C@@H](CF)NC(=O)C(F)F)cc2)cn1. The van der Waals surface area contributed by atoms with Crippen LogP contribution in [-0.2, 0) is 20.3 Å². The molecule has 0 radical (unpaired) electrons. The number of halogens is 3. The van der Waals surface area contributed by atoms with E-state index >= 15 is 0 Å². The van der Waals surface area contributed by atoms with E-state index in [4.69, 9.17) is 15.0 Å². The van der Waals surface area contributed by atoms with E-state index in [1.54, 1.807) is 17.4 Å². The van der Waals surface area contributed by atoms with Crippen LogP contribution in [0.4, 0.5) is 13.2 Å². The fourth-order valence-electron chi connectivity index (χ4n) is 2.60. The molecule has 12 heteroatoms. The molecule has 0 aliphatic rings. The molecule has 2 aromatic rings. The van der Waals surface area contributed by atoms with E-state index in [2.05, 4.69) is 9.51 Å². The Kier molecular flexibility index (Phi) is 8.08. The van der Waals surface area contributed by atoms with Crippen molar-refractivity contribution in [3.8, 4) is 17.2 Å². The van der Waals surface area contributed by atoms with Gasteiger partial charge in [0.15, 0.2) is 0 Å². The number of amides is 1. The number of phosphoric acid groups is 1. The number of nitrogens with zero attached hydrogens (tertiary/aromatic N) is 2. The maximum atomic E-state index is 13.4. The molecule has 3 N–H and O–H groups in total. The molecule has 2 atom stereocenters. The first-order valence-corrected chi connectivity index (χ1v) is 9.98. The molecule has 0 saturated carbocycles. The number of alkyl halides is 3. The molecule has 0 bridgehead atoms. The highest BCUT2D eigenvalue weighted by Gasteiger charge is 2.33. The lowest BCUT2D eigenvalue weighted by atomic mass is 9.99. The van der Waals surface area contributed by atoms with E-state index in [9.17, 15) is 22.5 Å². The van der Waals surface area contributed by atoms with Crippen molar-refractivity contribution in [1.29, 1.82) is 5.26 Å². The number of pyridine rings is 1. The first-order valence-electron chi connectivity index (χ1n) is 8.45. The van der Waals surface area contributed by atoms with Gasteiger partial charge in [-0.1, -0.05) is 30.3 Å². The Balaban J connectivity index is 2.31. The third kappa shape index (κ3) is 6.64. The van der Waals surface area contributed by atoms with Crippen molar-refractivity contribution in [1.82, 2.24) is 10.3 Å². The topological polar surface area (TPSA) is 133 Å². The number of carbonyl (C=O) groups is 1.